The number of nitrogens with zero attached hydrogens (tertiary/aromatic N) is 1. The van der Waals surface area contributed by atoms with Crippen molar-refractivity contribution in [1.29, 1.82) is 0 Å². The van der Waals surface area contributed by atoms with Gasteiger partial charge in [0.05, 0.1) is 17.1 Å². The van der Waals surface area contributed by atoms with E-state index in [1.54, 1.807) is 39.0 Å². The number of piperidine rings is 1. The van der Waals surface area contributed by atoms with Crippen LogP contribution < -0.4 is 19.5 Å². The fourth-order valence-corrected chi connectivity index (χ4v) is 9.94. The Morgan fingerprint density at radius 3 is 1.91 bits per heavy atom. The molecule has 7 rings (SSSR count). The summed E-state index contributed by atoms with van der Waals surface area (Å²) in [6.07, 6.45) is 10.6. The van der Waals surface area contributed by atoms with E-state index in [-0.39, 0.29) is 23.1 Å². The zero-order valence-electron chi connectivity index (χ0n) is 31.9. The van der Waals surface area contributed by atoms with Crippen LogP contribution in [0.4, 0.5) is 13.6 Å². The first-order chi connectivity index (χ1) is 26.1. The third-order valence-corrected chi connectivity index (χ3v) is 12.8. The van der Waals surface area contributed by atoms with Gasteiger partial charge in [0.1, 0.15) is 17.1 Å². The van der Waals surface area contributed by atoms with Crippen molar-refractivity contribution in [3.63, 3.8) is 0 Å². The van der Waals surface area contributed by atoms with Gasteiger partial charge in [-0.3, -0.25) is 4.79 Å². The van der Waals surface area contributed by atoms with Gasteiger partial charge < -0.3 is 24.4 Å². The topological polar surface area (TPSA) is 123 Å². The van der Waals surface area contributed by atoms with E-state index in [0.29, 0.717) is 42.6 Å². The molecule has 2 saturated heterocycles. The largest absolute Gasteiger partial charge is 0.490 e. The quantitative estimate of drug-likeness (QED) is 0.201. The van der Waals surface area contributed by atoms with Gasteiger partial charge in [0, 0.05) is 23.7 Å². The van der Waals surface area contributed by atoms with Crippen molar-refractivity contribution in [2.24, 2.45) is 0 Å². The fraction of sp³-hybridized carbons (Fsp3) is 0.571. The van der Waals surface area contributed by atoms with Gasteiger partial charge in [0.25, 0.3) is 5.92 Å². The van der Waals surface area contributed by atoms with Crippen LogP contribution in [-0.4, -0.2) is 67.3 Å². The number of benzene rings is 3. The molecule has 3 unspecified atom stereocenters. The maximum Gasteiger partial charge on any atom is 0.407 e. The number of hydrogen-bond acceptors (Lipinski definition) is 7. The summed E-state index contributed by atoms with van der Waals surface area (Å²) in [5.41, 5.74) is -1.21. The zero-order chi connectivity index (χ0) is 39.0. The molecule has 3 aromatic rings. The van der Waals surface area contributed by atoms with Crippen LogP contribution in [0.5, 0.6) is 11.5 Å². The maximum absolute atomic E-state index is 16.9. The van der Waals surface area contributed by atoms with Crippen LogP contribution in [-0.2, 0) is 25.5 Å². The number of rotatable bonds is 11. The third-order valence-electron chi connectivity index (χ3n) is 11.4. The summed E-state index contributed by atoms with van der Waals surface area (Å²) >= 11 is 0. The van der Waals surface area contributed by atoms with Crippen molar-refractivity contribution in [1.82, 2.24) is 14.9 Å². The number of alkyl halides is 2. The molecule has 4 aliphatic rings. The molecule has 3 aromatic carbocycles. The number of carbonyl (C=O) groups is 2. The fourth-order valence-electron chi connectivity index (χ4n) is 8.72. The lowest BCUT2D eigenvalue weighted by Gasteiger charge is -2.42. The highest BCUT2D eigenvalue weighted by molar-refractivity contribution is 7.89. The van der Waals surface area contributed by atoms with Gasteiger partial charge in [0.2, 0.25) is 15.9 Å². The van der Waals surface area contributed by atoms with Crippen molar-refractivity contribution in [2.45, 2.75) is 157 Å². The number of carbonyl (C=O) groups excluding carboxylic acids is 2. The molecule has 2 aliphatic carbocycles. The number of ether oxygens (including phenoxy) is 3. The van der Waals surface area contributed by atoms with Gasteiger partial charge in [-0.05, 0) is 157 Å². The minimum absolute atomic E-state index is 0.0119. The van der Waals surface area contributed by atoms with Crippen molar-refractivity contribution in [3.8, 4) is 11.5 Å². The van der Waals surface area contributed by atoms with E-state index in [4.69, 9.17) is 14.2 Å². The Bertz CT molecular complexity index is 1940. The van der Waals surface area contributed by atoms with E-state index in [1.807, 2.05) is 6.07 Å². The summed E-state index contributed by atoms with van der Waals surface area (Å²) in [5, 5.41) is 4.20. The van der Waals surface area contributed by atoms with Crippen molar-refractivity contribution in [2.75, 3.05) is 0 Å². The summed E-state index contributed by atoms with van der Waals surface area (Å²) in [6.45, 7) is 5.28. The Kier molecular flexibility index (Phi) is 11.3. The number of sulfonamides is 1. The molecule has 3 atom stereocenters. The Labute approximate surface area is 322 Å². The van der Waals surface area contributed by atoms with E-state index >= 15 is 8.78 Å². The molecule has 10 nitrogen and oxygen atoms in total. The van der Waals surface area contributed by atoms with Gasteiger partial charge in [-0.15, -0.1) is 0 Å². The lowest BCUT2D eigenvalue weighted by atomic mass is 9.94. The summed E-state index contributed by atoms with van der Waals surface area (Å²) in [4.78, 5) is 28.2. The van der Waals surface area contributed by atoms with Crippen LogP contribution in [0, 0.1) is 0 Å². The molecule has 2 saturated carbocycles. The second-order valence-electron chi connectivity index (χ2n) is 16.7. The van der Waals surface area contributed by atoms with E-state index in [0.717, 1.165) is 63.2 Å². The third kappa shape index (κ3) is 9.20. The number of halogens is 2. The van der Waals surface area contributed by atoms with E-state index in [2.05, 4.69) is 10.0 Å². The number of hydrogen-bond donors (Lipinski definition) is 2. The molecule has 0 aromatic heterocycles. The maximum atomic E-state index is 16.9. The number of alkyl carbamates (subject to hydrolysis) is 1. The Balaban J connectivity index is 1.14. The highest BCUT2D eigenvalue weighted by atomic mass is 32.2. The molecule has 55 heavy (non-hydrogen) atoms. The van der Waals surface area contributed by atoms with Crippen molar-refractivity contribution < 1.29 is 41.0 Å². The first-order valence-electron chi connectivity index (χ1n) is 19.8. The van der Waals surface area contributed by atoms with Gasteiger partial charge in [-0.1, -0.05) is 18.6 Å². The van der Waals surface area contributed by atoms with Crippen molar-refractivity contribution >= 4 is 32.8 Å². The summed E-state index contributed by atoms with van der Waals surface area (Å²) < 4.78 is 81.7. The van der Waals surface area contributed by atoms with E-state index in [9.17, 15) is 18.0 Å². The average molecular weight is 782 g/mol. The first kappa shape index (κ1) is 39.3. The molecule has 13 heteroatoms. The van der Waals surface area contributed by atoms with E-state index in [1.165, 1.54) is 41.3 Å². The molecule has 2 amide bonds. The van der Waals surface area contributed by atoms with Gasteiger partial charge in [-0.25, -0.2) is 13.2 Å². The molecule has 2 heterocycles. The molecular weight excluding hydrogens is 729 g/mol. The standard InChI is InChI=1S/C42H53F2N3O7S/c1-41(2,3)54-40(49)45-30-25-31-17-18-32(26-30)47(31)39(48)38(42(43,44)29-15-20-35(21-16-29)52-33-9-5-4-6-10-33)46-55(50,51)37-22-14-27-23-36(19-13-28(27)24-37)53-34-11-7-8-12-34/h13-16,19-24,30-34,38,46H,4-12,17-18,25-26H2,1-3H3,(H,45,49). The lowest BCUT2D eigenvalue weighted by Crippen LogP contribution is -2.61. The first-order valence-corrected chi connectivity index (χ1v) is 21.3. The predicted molar refractivity (Wildman–Crippen MR) is 205 cm³/mol. The Morgan fingerprint density at radius 1 is 0.745 bits per heavy atom. The minimum atomic E-state index is -4.65. The zero-order valence-corrected chi connectivity index (χ0v) is 32.7. The number of fused-ring (bicyclic) bond motifs is 3. The summed E-state index contributed by atoms with van der Waals surface area (Å²) in [5.74, 6) is -3.82. The van der Waals surface area contributed by atoms with Crippen LogP contribution in [0.15, 0.2) is 65.6 Å². The van der Waals surface area contributed by atoms with Crippen LogP contribution >= 0.6 is 0 Å². The predicted octanol–water partition coefficient (Wildman–Crippen LogP) is 8.36. The normalized spacial score (nSPS) is 23.1. The smallest absolute Gasteiger partial charge is 0.407 e. The number of nitrogens with one attached hydrogen (secondary N) is 2. The van der Waals surface area contributed by atoms with Crippen LogP contribution in [0.2, 0.25) is 0 Å². The molecule has 2 aliphatic heterocycles. The Hall–Kier alpha value is -3.97. The summed E-state index contributed by atoms with van der Waals surface area (Å²) in [7, 11) is -4.65. The molecule has 2 bridgehead atoms. The monoisotopic (exact) mass is 781 g/mol. The molecule has 298 valence electrons. The molecule has 0 spiro atoms. The molecule has 2 N–H and O–H groups in total. The highest BCUT2D eigenvalue weighted by Crippen LogP contribution is 2.41. The molecular formula is C42H53F2N3O7S. The second kappa shape index (κ2) is 15.9. The van der Waals surface area contributed by atoms with Crippen molar-refractivity contribution in [3.05, 3.63) is 66.2 Å². The van der Waals surface area contributed by atoms with Crippen LogP contribution in [0.1, 0.15) is 110 Å². The molecule has 4 fully saturated rings. The summed E-state index contributed by atoms with van der Waals surface area (Å²) in [6, 6.07) is 11.4. The SMILES string of the molecule is CC(C)(C)OC(=O)NC1CC2CCC(C1)N2C(=O)C(NS(=O)(=O)c1ccc2cc(OC3CCCC3)ccc2c1)C(F)(F)c1ccc(OC2CCCCC2)cc1. The second-order valence-corrected chi connectivity index (χ2v) is 18.4. The van der Waals surface area contributed by atoms with E-state index < -0.39 is 57.2 Å². The van der Waals surface area contributed by atoms with Crippen LogP contribution in [0.25, 0.3) is 10.8 Å². The average Bonchev–Trinajstić information content (AvgIpc) is 3.74. The highest BCUT2D eigenvalue weighted by Gasteiger charge is 2.54. The van der Waals surface area contributed by atoms with Gasteiger partial charge in [-0.2, -0.15) is 13.5 Å². The lowest BCUT2D eigenvalue weighted by molar-refractivity contribution is -0.149. The van der Waals surface area contributed by atoms with Gasteiger partial charge in [0.15, 0.2) is 6.04 Å². The van der Waals surface area contributed by atoms with Crippen LogP contribution in [0.3, 0.4) is 0 Å². The van der Waals surface area contributed by atoms with Gasteiger partial charge >= 0.3 is 6.09 Å². The molecule has 0 radical (unpaired) electrons. The Morgan fingerprint density at radius 2 is 1.29 bits per heavy atom. The number of amides is 2. The minimum Gasteiger partial charge on any atom is -0.490 e.